The van der Waals surface area contributed by atoms with Gasteiger partial charge in [0, 0.05) is 45.3 Å². The van der Waals surface area contributed by atoms with E-state index >= 15 is 0 Å². The molecular formula is C15H27N3O3. The average molecular weight is 297 g/mol. The lowest BCUT2D eigenvalue weighted by Crippen LogP contribution is -2.56. The molecule has 120 valence electrons. The van der Waals surface area contributed by atoms with E-state index in [9.17, 15) is 9.59 Å². The molecule has 2 aliphatic heterocycles. The summed E-state index contributed by atoms with van der Waals surface area (Å²) in [5, 5.41) is 3.00. The molecule has 2 rings (SSSR count). The Kier molecular flexibility index (Phi) is 5.58. The molecule has 0 radical (unpaired) electrons. The second-order valence-electron chi connectivity index (χ2n) is 6.11. The summed E-state index contributed by atoms with van der Waals surface area (Å²) >= 11 is 0. The summed E-state index contributed by atoms with van der Waals surface area (Å²) in [4.78, 5) is 26.3. The van der Waals surface area contributed by atoms with E-state index in [2.05, 4.69) is 5.32 Å². The highest BCUT2D eigenvalue weighted by Crippen LogP contribution is 2.32. The van der Waals surface area contributed by atoms with Crippen LogP contribution in [0.25, 0.3) is 0 Å². The molecule has 2 aliphatic rings. The van der Waals surface area contributed by atoms with Gasteiger partial charge in [0.05, 0.1) is 5.41 Å². The van der Waals surface area contributed by atoms with E-state index in [0.717, 1.165) is 19.4 Å². The first kappa shape index (κ1) is 16.2. The molecule has 2 fully saturated rings. The predicted octanol–water partition coefficient (Wildman–Crippen LogP) is 0.259. The van der Waals surface area contributed by atoms with Crippen molar-refractivity contribution in [2.75, 3.05) is 32.8 Å². The lowest BCUT2D eigenvalue weighted by atomic mass is 9.78. The van der Waals surface area contributed by atoms with Crippen molar-refractivity contribution in [1.82, 2.24) is 10.2 Å². The number of piperidine rings is 1. The van der Waals surface area contributed by atoms with Crippen LogP contribution in [0.15, 0.2) is 0 Å². The smallest absolute Gasteiger partial charge is 0.230 e. The molecule has 0 aromatic heterocycles. The van der Waals surface area contributed by atoms with E-state index in [1.54, 1.807) is 0 Å². The van der Waals surface area contributed by atoms with Crippen molar-refractivity contribution in [2.45, 2.75) is 45.1 Å². The number of ether oxygens (including phenoxy) is 1. The Hall–Kier alpha value is -1.14. The third kappa shape index (κ3) is 3.74. The molecule has 0 aromatic carbocycles. The average Bonchev–Trinajstić information content (AvgIpc) is 2.55. The monoisotopic (exact) mass is 297 g/mol. The van der Waals surface area contributed by atoms with Crippen LogP contribution < -0.4 is 11.1 Å². The second-order valence-corrected chi connectivity index (χ2v) is 6.11. The van der Waals surface area contributed by atoms with Gasteiger partial charge in [0.15, 0.2) is 0 Å². The molecule has 3 N–H and O–H groups in total. The van der Waals surface area contributed by atoms with Gasteiger partial charge in [-0.15, -0.1) is 0 Å². The first-order valence-corrected chi connectivity index (χ1v) is 7.98. The van der Waals surface area contributed by atoms with Crippen molar-refractivity contribution in [3.63, 3.8) is 0 Å². The van der Waals surface area contributed by atoms with Gasteiger partial charge in [-0.25, -0.2) is 0 Å². The van der Waals surface area contributed by atoms with Gasteiger partial charge in [-0.2, -0.15) is 0 Å². The number of carbonyl (C=O) groups excluding carboxylic acids is 2. The van der Waals surface area contributed by atoms with Crippen LogP contribution in [0.5, 0.6) is 0 Å². The van der Waals surface area contributed by atoms with Gasteiger partial charge in [-0.3, -0.25) is 9.59 Å². The maximum absolute atomic E-state index is 12.9. The highest BCUT2D eigenvalue weighted by atomic mass is 16.5. The second kappa shape index (κ2) is 7.22. The van der Waals surface area contributed by atoms with Crippen LogP contribution in [0.1, 0.15) is 39.0 Å². The molecular weight excluding hydrogens is 270 g/mol. The van der Waals surface area contributed by atoms with Gasteiger partial charge in [0.25, 0.3) is 0 Å². The maximum Gasteiger partial charge on any atom is 0.230 e. The maximum atomic E-state index is 12.9. The largest absolute Gasteiger partial charge is 0.381 e. The number of nitrogens with one attached hydrogen (secondary N) is 1. The Morgan fingerprint density at radius 2 is 2.10 bits per heavy atom. The summed E-state index contributed by atoms with van der Waals surface area (Å²) in [6, 6.07) is 0.0739. The lowest BCUT2D eigenvalue weighted by Gasteiger charge is -2.42. The van der Waals surface area contributed by atoms with Crippen molar-refractivity contribution in [1.29, 1.82) is 0 Å². The molecule has 2 amide bonds. The van der Waals surface area contributed by atoms with Crippen molar-refractivity contribution < 1.29 is 14.3 Å². The standard InChI is InChI=1S/C15H27N3O3/c1-2-13(19)17-12-4-3-7-18(10-12)14(20)15(11-16)5-8-21-9-6-15/h12H,2-11,16H2,1H3,(H,17,19). The van der Waals surface area contributed by atoms with E-state index in [-0.39, 0.29) is 17.9 Å². The van der Waals surface area contributed by atoms with Crippen molar-refractivity contribution >= 4 is 11.8 Å². The molecule has 6 heteroatoms. The molecule has 0 aromatic rings. The third-order valence-electron chi connectivity index (χ3n) is 4.69. The van der Waals surface area contributed by atoms with Gasteiger partial charge in [-0.05, 0) is 25.7 Å². The first-order valence-electron chi connectivity index (χ1n) is 7.98. The molecule has 2 saturated heterocycles. The van der Waals surface area contributed by atoms with Crippen molar-refractivity contribution in [2.24, 2.45) is 11.1 Å². The summed E-state index contributed by atoms with van der Waals surface area (Å²) < 4.78 is 5.37. The fraction of sp³-hybridized carbons (Fsp3) is 0.867. The first-order chi connectivity index (χ1) is 10.1. The highest BCUT2D eigenvalue weighted by Gasteiger charge is 2.42. The minimum Gasteiger partial charge on any atom is -0.381 e. The zero-order valence-electron chi connectivity index (χ0n) is 12.9. The number of amides is 2. The summed E-state index contributed by atoms with van der Waals surface area (Å²) in [7, 11) is 0. The summed E-state index contributed by atoms with van der Waals surface area (Å²) in [5.74, 6) is 0.192. The van der Waals surface area contributed by atoms with Crippen LogP contribution in [0.3, 0.4) is 0 Å². The SMILES string of the molecule is CCC(=O)NC1CCCN(C(=O)C2(CN)CCOCC2)C1. The van der Waals surface area contributed by atoms with Gasteiger partial charge >= 0.3 is 0 Å². The molecule has 0 bridgehead atoms. The summed E-state index contributed by atoms with van der Waals surface area (Å²) in [5.41, 5.74) is 5.45. The van der Waals surface area contributed by atoms with Gasteiger partial charge in [-0.1, -0.05) is 6.92 Å². The predicted molar refractivity (Wildman–Crippen MR) is 79.6 cm³/mol. The minimum absolute atomic E-state index is 0.0499. The van der Waals surface area contributed by atoms with Gasteiger partial charge in [0.1, 0.15) is 0 Å². The Labute approximate surface area is 126 Å². The number of hydrogen-bond donors (Lipinski definition) is 2. The number of likely N-dealkylation sites (tertiary alicyclic amines) is 1. The van der Waals surface area contributed by atoms with Crippen LogP contribution in [-0.2, 0) is 14.3 Å². The Balaban J connectivity index is 1.99. The molecule has 21 heavy (non-hydrogen) atoms. The minimum atomic E-state index is -0.463. The normalized spacial score (nSPS) is 25.4. The zero-order valence-corrected chi connectivity index (χ0v) is 12.9. The Bertz CT molecular complexity index is 380. The van der Waals surface area contributed by atoms with Crippen LogP contribution >= 0.6 is 0 Å². The summed E-state index contributed by atoms with van der Waals surface area (Å²) in [6.45, 7) is 4.79. The van der Waals surface area contributed by atoms with Crippen molar-refractivity contribution in [3.05, 3.63) is 0 Å². The van der Waals surface area contributed by atoms with Gasteiger partial charge in [0.2, 0.25) is 11.8 Å². The Morgan fingerprint density at radius 3 is 2.71 bits per heavy atom. The molecule has 0 spiro atoms. The van der Waals surface area contributed by atoms with E-state index in [1.165, 1.54) is 0 Å². The van der Waals surface area contributed by atoms with Crippen LogP contribution in [0.2, 0.25) is 0 Å². The van der Waals surface area contributed by atoms with Crippen LogP contribution in [0, 0.1) is 5.41 Å². The number of hydrogen-bond acceptors (Lipinski definition) is 4. The molecule has 0 saturated carbocycles. The van der Waals surface area contributed by atoms with Gasteiger partial charge < -0.3 is 20.7 Å². The molecule has 0 aliphatic carbocycles. The van der Waals surface area contributed by atoms with Crippen LogP contribution in [-0.4, -0.2) is 55.6 Å². The molecule has 1 atom stereocenters. The third-order valence-corrected chi connectivity index (χ3v) is 4.69. The number of rotatable bonds is 4. The van der Waals surface area contributed by atoms with E-state index in [1.807, 2.05) is 11.8 Å². The fourth-order valence-corrected chi connectivity index (χ4v) is 3.21. The Morgan fingerprint density at radius 1 is 1.38 bits per heavy atom. The molecule has 1 unspecified atom stereocenters. The van der Waals surface area contributed by atoms with Crippen LogP contribution in [0.4, 0.5) is 0 Å². The molecule has 6 nitrogen and oxygen atoms in total. The summed E-state index contributed by atoms with van der Waals surface area (Å²) in [6.07, 6.45) is 3.75. The molecule has 2 heterocycles. The zero-order chi connectivity index (χ0) is 15.3. The highest BCUT2D eigenvalue weighted by molar-refractivity contribution is 5.83. The number of nitrogens with two attached hydrogens (primary N) is 1. The number of nitrogens with zero attached hydrogens (tertiary/aromatic N) is 1. The van der Waals surface area contributed by atoms with E-state index in [0.29, 0.717) is 45.6 Å². The van der Waals surface area contributed by atoms with E-state index < -0.39 is 5.41 Å². The van der Waals surface area contributed by atoms with E-state index in [4.69, 9.17) is 10.5 Å². The lowest BCUT2D eigenvalue weighted by molar-refractivity contribution is -0.149. The fourth-order valence-electron chi connectivity index (χ4n) is 3.21. The topological polar surface area (TPSA) is 84.7 Å². The van der Waals surface area contributed by atoms with Crippen molar-refractivity contribution in [3.8, 4) is 0 Å². The number of carbonyl (C=O) groups is 2. The quantitative estimate of drug-likeness (QED) is 0.779.